The maximum absolute atomic E-state index is 11.8. The standard InChI is InChI=1S/C14H13N3O4S/c18-17(19)14-8-4-7-13(11-14)15-16-22(20,21)10-9-12-5-2-1-3-6-12/h1-11,15-16H/b10-9+. The van der Waals surface area contributed by atoms with Gasteiger partial charge in [0.05, 0.1) is 10.6 Å². The van der Waals surface area contributed by atoms with Crippen LogP contribution in [0.15, 0.2) is 60.0 Å². The summed E-state index contributed by atoms with van der Waals surface area (Å²) in [5.41, 5.74) is 3.30. The van der Waals surface area contributed by atoms with E-state index in [0.29, 0.717) is 0 Å². The molecule has 0 amide bonds. The van der Waals surface area contributed by atoms with E-state index in [-0.39, 0.29) is 11.4 Å². The van der Waals surface area contributed by atoms with Crippen molar-refractivity contribution in [2.24, 2.45) is 0 Å². The molecule has 2 aromatic rings. The van der Waals surface area contributed by atoms with Gasteiger partial charge in [-0.1, -0.05) is 36.4 Å². The van der Waals surface area contributed by atoms with E-state index in [4.69, 9.17) is 0 Å². The molecule has 0 unspecified atom stereocenters. The van der Waals surface area contributed by atoms with Crippen molar-refractivity contribution >= 4 is 27.5 Å². The Morgan fingerprint density at radius 2 is 1.77 bits per heavy atom. The number of sulfonamides is 1. The zero-order valence-corrected chi connectivity index (χ0v) is 12.2. The number of rotatable bonds is 6. The predicted molar refractivity (Wildman–Crippen MR) is 84.3 cm³/mol. The number of hydrogen-bond donors (Lipinski definition) is 2. The van der Waals surface area contributed by atoms with Crippen LogP contribution in [0.5, 0.6) is 0 Å². The number of hydrazine groups is 1. The van der Waals surface area contributed by atoms with Crippen molar-refractivity contribution in [3.63, 3.8) is 0 Å². The average molecular weight is 319 g/mol. The molecule has 0 aliphatic carbocycles. The Morgan fingerprint density at radius 3 is 2.45 bits per heavy atom. The highest BCUT2D eigenvalue weighted by Gasteiger charge is 2.08. The summed E-state index contributed by atoms with van der Waals surface area (Å²) in [6, 6.07) is 14.4. The van der Waals surface area contributed by atoms with E-state index in [1.54, 1.807) is 24.3 Å². The second-order valence-electron chi connectivity index (χ2n) is 4.29. The second kappa shape index (κ2) is 6.83. The first kappa shape index (κ1) is 15.7. The van der Waals surface area contributed by atoms with Crippen LogP contribution in [0.1, 0.15) is 5.56 Å². The Hall–Kier alpha value is -2.71. The molecule has 2 aromatic carbocycles. The van der Waals surface area contributed by atoms with Gasteiger partial charge in [0.15, 0.2) is 0 Å². The van der Waals surface area contributed by atoms with E-state index in [1.807, 2.05) is 6.07 Å². The largest absolute Gasteiger partial charge is 0.308 e. The molecule has 0 bridgehead atoms. The molecule has 0 aromatic heterocycles. The van der Waals surface area contributed by atoms with Crippen LogP contribution in [0.25, 0.3) is 6.08 Å². The van der Waals surface area contributed by atoms with E-state index in [0.717, 1.165) is 11.0 Å². The molecule has 0 fully saturated rings. The van der Waals surface area contributed by atoms with E-state index < -0.39 is 14.9 Å². The second-order valence-corrected chi connectivity index (χ2v) is 5.86. The van der Waals surface area contributed by atoms with Gasteiger partial charge in [0.25, 0.3) is 5.69 Å². The van der Waals surface area contributed by atoms with Crippen molar-refractivity contribution in [2.75, 3.05) is 5.43 Å². The number of hydrogen-bond acceptors (Lipinski definition) is 5. The SMILES string of the molecule is O=[N+]([O-])c1cccc(NNS(=O)(=O)/C=C/c2ccccc2)c1. The molecular formula is C14H13N3O4S. The van der Waals surface area contributed by atoms with Crippen molar-refractivity contribution in [3.8, 4) is 0 Å². The molecule has 0 radical (unpaired) electrons. The highest BCUT2D eigenvalue weighted by Crippen LogP contribution is 2.16. The Balaban J connectivity index is 2.02. The van der Waals surface area contributed by atoms with Crippen molar-refractivity contribution in [2.45, 2.75) is 0 Å². The van der Waals surface area contributed by atoms with Gasteiger partial charge in [0.2, 0.25) is 10.0 Å². The monoisotopic (exact) mass is 319 g/mol. The van der Waals surface area contributed by atoms with Crippen LogP contribution in [-0.4, -0.2) is 13.3 Å². The number of nitrogens with one attached hydrogen (secondary N) is 2. The van der Waals surface area contributed by atoms with Gasteiger partial charge in [-0.05, 0) is 17.7 Å². The molecule has 0 saturated carbocycles. The first-order chi connectivity index (χ1) is 10.5. The zero-order chi connectivity index (χ0) is 16.0. The first-order valence-corrected chi connectivity index (χ1v) is 7.76. The predicted octanol–water partition coefficient (Wildman–Crippen LogP) is 2.51. The smallest absolute Gasteiger partial charge is 0.271 e. The maximum atomic E-state index is 11.8. The molecule has 0 aliphatic rings. The van der Waals surface area contributed by atoms with Crippen molar-refractivity contribution in [1.82, 2.24) is 4.83 Å². The minimum atomic E-state index is -3.72. The van der Waals surface area contributed by atoms with Crippen LogP contribution < -0.4 is 10.3 Å². The molecule has 2 N–H and O–H groups in total. The quantitative estimate of drug-likeness (QED) is 0.629. The number of anilines is 1. The van der Waals surface area contributed by atoms with Crippen LogP contribution in [0.4, 0.5) is 11.4 Å². The number of benzene rings is 2. The van der Waals surface area contributed by atoms with E-state index in [1.165, 1.54) is 30.3 Å². The molecule has 8 heteroatoms. The fourth-order valence-electron chi connectivity index (χ4n) is 1.59. The molecule has 2 rings (SSSR count). The van der Waals surface area contributed by atoms with Crippen LogP contribution in [0.3, 0.4) is 0 Å². The molecule has 0 spiro atoms. The highest BCUT2D eigenvalue weighted by molar-refractivity contribution is 7.92. The van der Waals surface area contributed by atoms with E-state index >= 15 is 0 Å². The lowest BCUT2D eigenvalue weighted by atomic mass is 10.2. The minimum Gasteiger partial charge on any atom is -0.308 e. The van der Waals surface area contributed by atoms with Gasteiger partial charge in [-0.2, -0.15) is 0 Å². The highest BCUT2D eigenvalue weighted by atomic mass is 32.2. The van der Waals surface area contributed by atoms with Gasteiger partial charge in [0, 0.05) is 17.5 Å². The van der Waals surface area contributed by atoms with Gasteiger partial charge in [-0.15, -0.1) is 4.83 Å². The minimum absolute atomic E-state index is 0.135. The Bertz CT molecular complexity index is 789. The lowest BCUT2D eigenvalue weighted by molar-refractivity contribution is -0.384. The van der Waals surface area contributed by atoms with Crippen LogP contribution in [-0.2, 0) is 10.0 Å². The van der Waals surface area contributed by atoms with Gasteiger partial charge in [-0.3, -0.25) is 10.1 Å². The molecule has 22 heavy (non-hydrogen) atoms. The number of nitrogens with zero attached hydrogens (tertiary/aromatic N) is 1. The van der Waals surface area contributed by atoms with Crippen molar-refractivity contribution in [3.05, 3.63) is 75.7 Å². The Morgan fingerprint density at radius 1 is 1.05 bits per heavy atom. The summed E-state index contributed by atoms with van der Waals surface area (Å²) in [4.78, 5) is 12.2. The third kappa shape index (κ3) is 4.69. The summed E-state index contributed by atoms with van der Waals surface area (Å²) >= 11 is 0. The van der Waals surface area contributed by atoms with Crippen molar-refractivity contribution in [1.29, 1.82) is 0 Å². The lowest BCUT2D eigenvalue weighted by Crippen LogP contribution is -2.27. The topological polar surface area (TPSA) is 101 Å². The molecule has 7 nitrogen and oxygen atoms in total. The molecule has 114 valence electrons. The molecular weight excluding hydrogens is 306 g/mol. The summed E-state index contributed by atoms with van der Waals surface area (Å²) in [7, 11) is -3.72. The Labute approximate surface area is 127 Å². The molecule has 0 atom stereocenters. The summed E-state index contributed by atoms with van der Waals surface area (Å²) in [6.45, 7) is 0. The van der Waals surface area contributed by atoms with Gasteiger partial charge in [-0.25, -0.2) is 8.42 Å². The summed E-state index contributed by atoms with van der Waals surface area (Å²) in [6.07, 6.45) is 1.44. The number of non-ortho nitro benzene ring substituents is 1. The summed E-state index contributed by atoms with van der Waals surface area (Å²) < 4.78 is 23.6. The fourth-order valence-corrected chi connectivity index (χ4v) is 2.26. The maximum Gasteiger partial charge on any atom is 0.271 e. The normalized spacial score (nSPS) is 11.5. The zero-order valence-electron chi connectivity index (χ0n) is 11.3. The van der Waals surface area contributed by atoms with E-state index in [2.05, 4.69) is 10.3 Å². The molecule has 0 saturated heterocycles. The van der Waals surface area contributed by atoms with Gasteiger partial charge >= 0.3 is 0 Å². The molecule has 0 heterocycles. The molecule has 0 aliphatic heterocycles. The van der Waals surface area contributed by atoms with Crippen LogP contribution >= 0.6 is 0 Å². The Kier molecular flexibility index (Phi) is 4.87. The van der Waals surface area contributed by atoms with Crippen LogP contribution in [0.2, 0.25) is 0 Å². The fraction of sp³-hybridized carbons (Fsp3) is 0. The number of nitro benzene ring substituents is 1. The number of nitro groups is 1. The van der Waals surface area contributed by atoms with E-state index in [9.17, 15) is 18.5 Å². The van der Waals surface area contributed by atoms with Crippen molar-refractivity contribution < 1.29 is 13.3 Å². The summed E-state index contributed by atoms with van der Waals surface area (Å²) in [5, 5.41) is 11.6. The van der Waals surface area contributed by atoms with Gasteiger partial charge in [0.1, 0.15) is 0 Å². The summed E-state index contributed by atoms with van der Waals surface area (Å²) in [5.74, 6) is 0. The third-order valence-corrected chi connectivity index (χ3v) is 3.51. The first-order valence-electron chi connectivity index (χ1n) is 6.22. The lowest BCUT2D eigenvalue weighted by Gasteiger charge is -2.06. The third-order valence-electron chi connectivity index (χ3n) is 2.63. The van der Waals surface area contributed by atoms with Gasteiger partial charge < -0.3 is 5.43 Å². The van der Waals surface area contributed by atoms with Crippen LogP contribution in [0, 0.1) is 10.1 Å². The average Bonchev–Trinajstić information content (AvgIpc) is 2.53.